The molecule has 6 heteroatoms. The predicted molar refractivity (Wildman–Crippen MR) is 79.0 cm³/mol. The average molecular weight is 289 g/mol. The van der Waals surface area contributed by atoms with Crippen molar-refractivity contribution in [3.8, 4) is 5.88 Å². The molecule has 2 heterocycles. The lowest BCUT2D eigenvalue weighted by molar-refractivity contribution is 0.397. The molecule has 3 aromatic rings. The number of aromatic nitrogens is 3. The molecule has 0 amide bonds. The molecule has 0 aliphatic carbocycles. The first-order chi connectivity index (χ1) is 9.69. The fourth-order valence-corrected chi connectivity index (χ4v) is 2.40. The van der Waals surface area contributed by atoms with E-state index in [0.29, 0.717) is 23.4 Å². The van der Waals surface area contributed by atoms with Crippen LogP contribution < -0.4 is 10.5 Å². The lowest BCUT2D eigenvalue weighted by Gasteiger charge is -2.08. The molecule has 0 bridgehead atoms. The molecule has 0 fully saturated rings. The summed E-state index contributed by atoms with van der Waals surface area (Å²) in [6.07, 6.45) is 1.75. The Hall–Kier alpha value is -2.27. The Balaban J connectivity index is 2.03. The van der Waals surface area contributed by atoms with E-state index in [9.17, 15) is 0 Å². The third kappa shape index (κ3) is 2.16. The molecule has 0 radical (unpaired) electrons. The Morgan fingerprint density at radius 1 is 1.30 bits per heavy atom. The van der Waals surface area contributed by atoms with Crippen LogP contribution in [0, 0.1) is 0 Å². The Labute approximate surface area is 121 Å². The van der Waals surface area contributed by atoms with E-state index in [-0.39, 0.29) is 0 Å². The minimum atomic E-state index is 0.434. The van der Waals surface area contributed by atoms with E-state index in [1.807, 2.05) is 34.9 Å². The zero-order valence-corrected chi connectivity index (χ0v) is 11.6. The fourth-order valence-electron chi connectivity index (χ4n) is 2.13. The summed E-state index contributed by atoms with van der Waals surface area (Å²) >= 11 is 6.24. The number of imidazole rings is 1. The number of pyridine rings is 1. The topological polar surface area (TPSA) is 66.0 Å². The van der Waals surface area contributed by atoms with Crippen molar-refractivity contribution >= 4 is 28.6 Å². The van der Waals surface area contributed by atoms with Crippen molar-refractivity contribution in [3.63, 3.8) is 0 Å². The molecule has 0 unspecified atom stereocenters. The van der Waals surface area contributed by atoms with Gasteiger partial charge in [-0.1, -0.05) is 23.7 Å². The van der Waals surface area contributed by atoms with Crippen molar-refractivity contribution in [2.24, 2.45) is 0 Å². The smallest absolute Gasteiger partial charge is 0.212 e. The van der Waals surface area contributed by atoms with Gasteiger partial charge in [0, 0.05) is 12.3 Å². The molecule has 0 aliphatic heterocycles. The van der Waals surface area contributed by atoms with Crippen molar-refractivity contribution in [3.05, 3.63) is 47.1 Å². The molecule has 1 aromatic carbocycles. The summed E-state index contributed by atoms with van der Waals surface area (Å²) in [5, 5.41) is 0.633. The molecular formula is C14H13ClN4O. The molecule has 0 saturated carbocycles. The minimum absolute atomic E-state index is 0.434. The number of methoxy groups -OCH3 is 1. The number of nitrogens with zero attached hydrogens (tertiary/aromatic N) is 3. The van der Waals surface area contributed by atoms with Gasteiger partial charge in [0.05, 0.1) is 29.7 Å². The lowest BCUT2D eigenvalue weighted by Crippen LogP contribution is -2.05. The highest BCUT2D eigenvalue weighted by Crippen LogP contribution is 2.26. The second-order valence-electron chi connectivity index (χ2n) is 4.37. The highest BCUT2D eigenvalue weighted by molar-refractivity contribution is 6.35. The molecule has 0 saturated heterocycles. The molecule has 20 heavy (non-hydrogen) atoms. The van der Waals surface area contributed by atoms with Crippen molar-refractivity contribution in [1.82, 2.24) is 14.5 Å². The number of nitrogen functional groups attached to an aromatic ring is 1. The van der Waals surface area contributed by atoms with Crippen LogP contribution in [-0.4, -0.2) is 21.6 Å². The number of para-hydroxylation sites is 1. The van der Waals surface area contributed by atoms with Crippen LogP contribution in [0.5, 0.6) is 5.88 Å². The van der Waals surface area contributed by atoms with Gasteiger partial charge < -0.3 is 15.0 Å². The third-order valence-electron chi connectivity index (χ3n) is 3.09. The van der Waals surface area contributed by atoms with E-state index in [0.717, 1.165) is 16.6 Å². The van der Waals surface area contributed by atoms with Crippen molar-refractivity contribution in [2.75, 3.05) is 12.8 Å². The number of rotatable bonds is 3. The van der Waals surface area contributed by atoms with E-state index in [1.165, 1.54) is 0 Å². The van der Waals surface area contributed by atoms with Crippen LogP contribution in [-0.2, 0) is 6.54 Å². The summed E-state index contributed by atoms with van der Waals surface area (Å²) in [6.45, 7) is 0.559. The molecule has 2 aromatic heterocycles. The molecule has 102 valence electrons. The molecule has 0 spiro atoms. The molecule has 0 atom stereocenters. The largest absolute Gasteiger partial charge is 0.481 e. The van der Waals surface area contributed by atoms with Gasteiger partial charge in [0.15, 0.2) is 0 Å². The monoisotopic (exact) mass is 288 g/mol. The zero-order valence-electron chi connectivity index (χ0n) is 10.9. The second kappa shape index (κ2) is 5.02. The van der Waals surface area contributed by atoms with Crippen molar-refractivity contribution in [1.29, 1.82) is 0 Å². The standard InChI is InChI=1S/C14H13ClN4O/c1-20-12-6-5-9(7-17-12)8-19-13-10(15)3-2-4-11(13)18-14(19)16/h2-7H,8H2,1H3,(H2,16,18). The Kier molecular flexibility index (Phi) is 3.20. The second-order valence-corrected chi connectivity index (χ2v) is 4.78. The van der Waals surface area contributed by atoms with Crippen LogP contribution in [0.15, 0.2) is 36.5 Å². The molecule has 5 nitrogen and oxygen atoms in total. The summed E-state index contributed by atoms with van der Waals surface area (Å²) in [7, 11) is 1.59. The Morgan fingerprint density at radius 3 is 2.85 bits per heavy atom. The van der Waals surface area contributed by atoms with Gasteiger partial charge >= 0.3 is 0 Å². The lowest BCUT2D eigenvalue weighted by atomic mass is 10.2. The van der Waals surface area contributed by atoms with Gasteiger partial charge in [0.2, 0.25) is 11.8 Å². The van der Waals surface area contributed by atoms with Gasteiger partial charge in [0.1, 0.15) is 0 Å². The molecule has 2 N–H and O–H groups in total. The number of anilines is 1. The van der Waals surface area contributed by atoms with Gasteiger partial charge in [-0.25, -0.2) is 9.97 Å². The van der Waals surface area contributed by atoms with Crippen LogP contribution >= 0.6 is 11.6 Å². The number of benzene rings is 1. The summed E-state index contributed by atoms with van der Waals surface area (Å²) < 4.78 is 6.92. The van der Waals surface area contributed by atoms with E-state index in [2.05, 4.69) is 9.97 Å². The van der Waals surface area contributed by atoms with Crippen LogP contribution in [0.4, 0.5) is 5.95 Å². The van der Waals surface area contributed by atoms with Gasteiger partial charge in [-0.3, -0.25) is 0 Å². The number of hydrogen-bond acceptors (Lipinski definition) is 4. The maximum absolute atomic E-state index is 6.24. The molecule has 0 aliphatic rings. The minimum Gasteiger partial charge on any atom is -0.481 e. The van der Waals surface area contributed by atoms with Gasteiger partial charge in [-0.2, -0.15) is 0 Å². The number of hydrogen-bond donors (Lipinski definition) is 1. The number of ether oxygens (including phenoxy) is 1. The first-order valence-corrected chi connectivity index (χ1v) is 6.46. The van der Waals surface area contributed by atoms with Gasteiger partial charge in [-0.05, 0) is 17.7 Å². The van der Waals surface area contributed by atoms with Crippen LogP contribution in [0.2, 0.25) is 5.02 Å². The average Bonchev–Trinajstić information content (AvgIpc) is 2.77. The summed E-state index contributed by atoms with van der Waals surface area (Å²) in [5.74, 6) is 1.01. The Bertz CT molecular complexity index is 752. The first kappa shape index (κ1) is 12.7. The highest BCUT2D eigenvalue weighted by Gasteiger charge is 2.11. The van der Waals surface area contributed by atoms with Crippen molar-refractivity contribution in [2.45, 2.75) is 6.54 Å². The quantitative estimate of drug-likeness (QED) is 0.805. The number of halogens is 1. The molecule has 3 rings (SSSR count). The van der Waals surface area contributed by atoms with E-state index in [4.69, 9.17) is 22.1 Å². The first-order valence-electron chi connectivity index (χ1n) is 6.08. The SMILES string of the molecule is COc1ccc(Cn2c(N)nc3cccc(Cl)c32)cn1. The van der Waals surface area contributed by atoms with Crippen LogP contribution in [0.25, 0.3) is 11.0 Å². The van der Waals surface area contributed by atoms with E-state index < -0.39 is 0 Å². The van der Waals surface area contributed by atoms with Gasteiger partial charge in [-0.15, -0.1) is 0 Å². The fraction of sp³-hybridized carbons (Fsp3) is 0.143. The van der Waals surface area contributed by atoms with Crippen LogP contribution in [0.1, 0.15) is 5.56 Å². The van der Waals surface area contributed by atoms with E-state index >= 15 is 0 Å². The highest BCUT2D eigenvalue weighted by atomic mass is 35.5. The third-order valence-corrected chi connectivity index (χ3v) is 3.40. The van der Waals surface area contributed by atoms with Crippen molar-refractivity contribution < 1.29 is 4.74 Å². The zero-order chi connectivity index (χ0) is 14.1. The van der Waals surface area contributed by atoms with Gasteiger partial charge in [0.25, 0.3) is 0 Å². The number of fused-ring (bicyclic) bond motifs is 1. The maximum Gasteiger partial charge on any atom is 0.212 e. The molecular weight excluding hydrogens is 276 g/mol. The number of nitrogens with two attached hydrogens (primary N) is 1. The maximum atomic E-state index is 6.24. The summed E-state index contributed by atoms with van der Waals surface area (Å²) in [5.41, 5.74) is 8.60. The Morgan fingerprint density at radius 2 is 2.15 bits per heavy atom. The predicted octanol–water partition coefficient (Wildman–Crippen LogP) is 2.72. The summed E-state index contributed by atoms with van der Waals surface area (Å²) in [4.78, 5) is 8.50. The summed E-state index contributed by atoms with van der Waals surface area (Å²) in [6, 6.07) is 9.32. The van der Waals surface area contributed by atoms with E-state index in [1.54, 1.807) is 13.3 Å². The van der Waals surface area contributed by atoms with Crippen LogP contribution in [0.3, 0.4) is 0 Å². The normalized spacial score (nSPS) is 10.9.